The van der Waals surface area contributed by atoms with Crippen molar-refractivity contribution in [2.45, 2.75) is 36.8 Å². The number of hydrogen-bond donors (Lipinski definition) is 2. The fourth-order valence-corrected chi connectivity index (χ4v) is 4.77. The smallest absolute Gasteiger partial charge is 0.263 e. The number of rotatable bonds is 0. The average Bonchev–Trinajstić information content (AvgIpc) is 3.04. The first-order chi connectivity index (χ1) is 13.1. The number of aliphatic imine (C=N–C) groups is 1. The largest absolute Gasteiger partial charge is 0.483 e. The molecule has 1 aliphatic carbocycles. The van der Waals surface area contributed by atoms with E-state index in [1.807, 2.05) is 12.1 Å². The van der Waals surface area contributed by atoms with Crippen molar-refractivity contribution in [1.82, 2.24) is 5.32 Å². The van der Waals surface area contributed by atoms with Crippen LogP contribution in [0, 0.1) is 11.3 Å². The van der Waals surface area contributed by atoms with Crippen LogP contribution in [0.15, 0.2) is 47.5 Å². The van der Waals surface area contributed by atoms with Crippen molar-refractivity contribution >= 4 is 11.9 Å². The molecule has 27 heavy (non-hydrogen) atoms. The average molecular weight is 358 g/mol. The molecule has 0 bridgehead atoms. The molecule has 2 aliphatic heterocycles. The van der Waals surface area contributed by atoms with Gasteiger partial charge in [0, 0.05) is 5.56 Å². The zero-order chi connectivity index (χ0) is 18.6. The number of carbonyl (C=O) groups is 1. The summed E-state index contributed by atoms with van der Waals surface area (Å²) < 4.78 is 6.47. The number of nitriles is 1. The number of ether oxygens (including phenoxy) is 1. The van der Waals surface area contributed by atoms with Crippen molar-refractivity contribution in [2.75, 3.05) is 0 Å². The molecule has 0 fully saturated rings. The molecule has 3 aliphatic rings. The fraction of sp³-hybridized carbons (Fsp3) is 0.286. The molecule has 2 aromatic carbocycles. The van der Waals surface area contributed by atoms with Crippen molar-refractivity contribution in [2.24, 2.45) is 10.7 Å². The number of amides is 1. The highest BCUT2D eigenvalue weighted by Gasteiger charge is 2.67. The van der Waals surface area contributed by atoms with Crippen molar-refractivity contribution in [3.8, 4) is 11.8 Å². The third-order valence-electron chi connectivity index (χ3n) is 6.04. The second kappa shape index (κ2) is 5.34. The monoisotopic (exact) mass is 358 g/mol. The van der Waals surface area contributed by atoms with E-state index in [-0.39, 0.29) is 11.9 Å². The van der Waals surface area contributed by atoms with Crippen molar-refractivity contribution in [3.63, 3.8) is 0 Å². The molecule has 0 saturated carbocycles. The molecule has 3 N–H and O–H groups in total. The third kappa shape index (κ3) is 2.00. The van der Waals surface area contributed by atoms with E-state index in [0.29, 0.717) is 29.7 Å². The van der Waals surface area contributed by atoms with Gasteiger partial charge in [-0.05, 0) is 55.0 Å². The second-order valence-electron chi connectivity index (χ2n) is 7.35. The second-order valence-corrected chi connectivity index (χ2v) is 7.35. The molecule has 1 unspecified atom stereocenters. The van der Waals surface area contributed by atoms with Crippen LogP contribution in [0.2, 0.25) is 0 Å². The maximum Gasteiger partial charge on any atom is 0.263 e. The number of nitrogens with zero attached hydrogens (tertiary/aromatic N) is 2. The van der Waals surface area contributed by atoms with Crippen molar-refractivity contribution < 1.29 is 9.53 Å². The van der Waals surface area contributed by atoms with Gasteiger partial charge in [-0.15, -0.1) is 0 Å². The summed E-state index contributed by atoms with van der Waals surface area (Å²) in [5, 5.41) is 12.0. The topological polar surface area (TPSA) is 101 Å². The first kappa shape index (κ1) is 15.9. The van der Waals surface area contributed by atoms with Crippen LogP contribution in [0.3, 0.4) is 0 Å². The van der Waals surface area contributed by atoms with Crippen LogP contribution in [0.1, 0.15) is 35.1 Å². The van der Waals surface area contributed by atoms with Gasteiger partial charge in [-0.25, -0.2) is 4.99 Å². The molecule has 2 aromatic rings. The first-order valence-electron chi connectivity index (χ1n) is 9.05. The number of nitrogens with one attached hydrogen (secondary N) is 1. The van der Waals surface area contributed by atoms with Crippen molar-refractivity contribution in [1.29, 1.82) is 5.26 Å². The molecule has 6 heteroatoms. The molecule has 0 aromatic heterocycles. The summed E-state index contributed by atoms with van der Waals surface area (Å²) in [7, 11) is 0. The summed E-state index contributed by atoms with van der Waals surface area (Å²) in [5.41, 5.74) is 7.50. The highest BCUT2D eigenvalue weighted by molar-refractivity contribution is 6.09. The Bertz CT molecular complexity index is 1030. The standard InChI is InChI=1S/C21H18N4O2/c22-12-13-5-6-17-16(11-13)21(18(26)24-19(23)25-21)20(27-17)9-7-14-3-1-2-4-15(14)8-10-20/h1-6,11H,7-10H2,(H3,23,24,25,26). The Kier molecular flexibility index (Phi) is 3.14. The predicted octanol–water partition coefficient (Wildman–Crippen LogP) is 1.91. The van der Waals surface area contributed by atoms with Gasteiger partial charge >= 0.3 is 0 Å². The predicted molar refractivity (Wildman–Crippen MR) is 99.0 cm³/mol. The highest BCUT2D eigenvalue weighted by atomic mass is 16.5. The van der Waals surface area contributed by atoms with E-state index in [9.17, 15) is 10.1 Å². The van der Waals surface area contributed by atoms with Crippen LogP contribution in [-0.4, -0.2) is 17.5 Å². The van der Waals surface area contributed by atoms with E-state index in [1.165, 1.54) is 11.1 Å². The maximum atomic E-state index is 13.2. The molecule has 1 atom stereocenters. The van der Waals surface area contributed by atoms with Gasteiger partial charge in [0.2, 0.25) is 5.54 Å². The molecule has 0 radical (unpaired) electrons. The number of hydrogen-bond acceptors (Lipinski definition) is 5. The zero-order valence-electron chi connectivity index (χ0n) is 14.7. The van der Waals surface area contributed by atoms with Gasteiger partial charge in [0.15, 0.2) is 5.96 Å². The number of aryl methyl sites for hydroxylation is 2. The van der Waals surface area contributed by atoms with Crippen LogP contribution in [0.25, 0.3) is 0 Å². The lowest BCUT2D eigenvalue weighted by Gasteiger charge is -2.37. The van der Waals surface area contributed by atoms with Gasteiger partial charge in [0.25, 0.3) is 5.91 Å². The molecule has 134 valence electrons. The maximum absolute atomic E-state index is 13.2. The first-order valence-corrected chi connectivity index (χ1v) is 9.05. The van der Waals surface area contributed by atoms with Gasteiger partial charge in [-0.2, -0.15) is 5.26 Å². The minimum absolute atomic E-state index is 0.0972. The molecule has 0 saturated heterocycles. The molecular formula is C21H18N4O2. The normalized spacial score (nSPS) is 24.4. The lowest BCUT2D eigenvalue weighted by Crippen LogP contribution is -2.56. The number of nitrogens with two attached hydrogens (primary N) is 1. The number of fused-ring (bicyclic) bond motifs is 4. The van der Waals surface area contributed by atoms with E-state index in [4.69, 9.17) is 10.5 Å². The van der Waals surface area contributed by atoms with Gasteiger partial charge < -0.3 is 10.5 Å². The number of guanidine groups is 1. The summed E-state index contributed by atoms with van der Waals surface area (Å²) in [6, 6.07) is 15.6. The molecule has 2 heterocycles. The van der Waals surface area contributed by atoms with Gasteiger partial charge in [-0.1, -0.05) is 24.3 Å². The van der Waals surface area contributed by atoms with Crippen LogP contribution in [0.5, 0.6) is 5.75 Å². The molecule has 6 nitrogen and oxygen atoms in total. The van der Waals surface area contributed by atoms with E-state index < -0.39 is 11.1 Å². The molecule has 1 amide bonds. The number of carbonyl (C=O) groups excluding carboxylic acids is 1. The quantitative estimate of drug-likeness (QED) is 0.751. The minimum atomic E-state index is -1.25. The van der Waals surface area contributed by atoms with Gasteiger partial charge in [-0.3, -0.25) is 10.1 Å². The zero-order valence-corrected chi connectivity index (χ0v) is 14.7. The lowest BCUT2D eigenvalue weighted by atomic mass is 9.72. The molecular weight excluding hydrogens is 340 g/mol. The summed E-state index contributed by atoms with van der Waals surface area (Å²) in [5.74, 6) is 0.424. The Morgan fingerprint density at radius 2 is 1.85 bits per heavy atom. The highest BCUT2D eigenvalue weighted by Crippen LogP contribution is 2.56. The Morgan fingerprint density at radius 3 is 2.44 bits per heavy atom. The lowest BCUT2D eigenvalue weighted by molar-refractivity contribution is -0.131. The van der Waals surface area contributed by atoms with Crippen LogP contribution < -0.4 is 15.8 Å². The summed E-state index contributed by atoms with van der Waals surface area (Å²) in [6.07, 6.45) is 2.87. The number of benzene rings is 2. The van der Waals surface area contributed by atoms with Crippen LogP contribution >= 0.6 is 0 Å². The van der Waals surface area contributed by atoms with Gasteiger partial charge in [0.1, 0.15) is 11.4 Å². The van der Waals surface area contributed by atoms with Crippen LogP contribution in [0.4, 0.5) is 0 Å². The van der Waals surface area contributed by atoms with Crippen molar-refractivity contribution in [3.05, 3.63) is 64.7 Å². The van der Waals surface area contributed by atoms with Crippen LogP contribution in [-0.2, 0) is 23.2 Å². The van der Waals surface area contributed by atoms with E-state index in [0.717, 1.165) is 12.8 Å². The Labute approximate surface area is 156 Å². The minimum Gasteiger partial charge on any atom is -0.483 e. The van der Waals surface area contributed by atoms with Gasteiger partial charge in [0.05, 0.1) is 11.6 Å². The van der Waals surface area contributed by atoms with E-state index in [2.05, 4.69) is 28.5 Å². The summed E-state index contributed by atoms with van der Waals surface area (Å²) in [6.45, 7) is 0. The third-order valence-corrected chi connectivity index (χ3v) is 6.04. The molecule has 2 spiro atoms. The fourth-order valence-electron chi connectivity index (χ4n) is 4.77. The summed E-state index contributed by atoms with van der Waals surface area (Å²) in [4.78, 5) is 17.8. The summed E-state index contributed by atoms with van der Waals surface area (Å²) >= 11 is 0. The van der Waals surface area contributed by atoms with E-state index in [1.54, 1.807) is 18.2 Å². The Morgan fingerprint density at radius 1 is 1.15 bits per heavy atom. The Hall–Kier alpha value is -3.33. The Balaban J connectivity index is 1.70. The SMILES string of the molecule is N#Cc1ccc2c(c1)C1(N=C(N)NC1=O)C1(CCc3ccccc3CC1)O2. The molecule has 5 rings (SSSR count). The van der Waals surface area contributed by atoms with E-state index >= 15 is 0 Å².